The second-order valence-electron chi connectivity index (χ2n) is 6.05. The molecule has 0 radical (unpaired) electrons. The normalized spacial score (nSPS) is 18.2. The van der Waals surface area contributed by atoms with Crippen molar-refractivity contribution in [1.29, 1.82) is 0 Å². The molecule has 2 aromatic rings. The molecule has 0 N–H and O–H groups in total. The van der Waals surface area contributed by atoms with Crippen LogP contribution in [0.5, 0.6) is 5.75 Å². The Labute approximate surface area is 144 Å². The van der Waals surface area contributed by atoms with Crippen LogP contribution < -0.4 is 4.74 Å². The van der Waals surface area contributed by atoms with Crippen molar-refractivity contribution in [3.63, 3.8) is 0 Å². The first-order valence-corrected chi connectivity index (χ1v) is 9.89. The Morgan fingerprint density at radius 3 is 2.50 bits per heavy atom. The molecule has 1 heterocycles. The number of methoxy groups -OCH3 is 1. The highest BCUT2D eigenvalue weighted by atomic mass is 32.2. The van der Waals surface area contributed by atoms with Gasteiger partial charge in [0.2, 0.25) is 10.0 Å². The van der Waals surface area contributed by atoms with Crippen LogP contribution in [0.3, 0.4) is 0 Å². The van der Waals surface area contributed by atoms with Gasteiger partial charge in [-0.2, -0.15) is 4.31 Å². The zero-order valence-corrected chi connectivity index (χ0v) is 14.9. The lowest BCUT2D eigenvalue weighted by molar-refractivity contribution is 0.343. The van der Waals surface area contributed by atoms with Crippen molar-refractivity contribution in [1.82, 2.24) is 4.31 Å². The van der Waals surface area contributed by atoms with Crippen LogP contribution in [-0.2, 0) is 16.4 Å². The summed E-state index contributed by atoms with van der Waals surface area (Å²) in [7, 11) is -1.66. The number of ether oxygens (including phenoxy) is 1. The van der Waals surface area contributed by atoms with Crippen LogP contribution in [0.15, 0.2) is 48.5 Å². The van der Waals surface area contributed by atoms with Gasteiger partial charge in [0.05, 0.1) is 18.9 Å². The summed E-state index contributed by atoms with van der Waals surface area (Å²) >= 11 is 0. The first kappa shape index (κ1) is 17.0. The van der Waals surface area contributed by atoms with E-state index in [0.29, 0.717) is 13.0 Å². The van der Waals surface area contributed by atoms with Crippen LogP contribution in [0.2, 0.25) is 0 Å². The van der Waals surface area contributed by atoms with Crippen molar-refractivity contribution in [2.75, 3.05) is 19.4 Å². The largest absolute Gasteiger partial charge is 0.497 e. The van der Waals surface area contributed by atoms with Gasteiger partial charge in [-0.1, -0.05) is 43.3 Å². The number of fused-ring (bicyclic) bond motifs is 1. The molecule has 128 valence electrons. The van der Waals surface area contributed by atoms with Gasteiger partial charge in [-0.25, -0.2) is 8.42 Å². The van der Waals surface area contributed by atoms with Crippen molar-refractivity contribution in [3.8, 4) is 5.75 Å². The van der Waals surface area contributed by atoms with Gasteiger partial charge in [0.25, 0.3) is 0 Å². The van der Waals surface area contributed by atoms with E-state index in [2.05, 4.69) is 6.07 Å². The summed E-state index contributed by atoms with van der Waals surface area (Å²) in [6, 6.07) is 15.5. The summed E-state index contributed by atoms with van der Waals surface area (Å²) in [6.45, 7) is 2.42. The van der Waals surface area contributed by atoms with Crippen molar-refractivity contribution < 1.29 is 13.2 Å². The van der Waals surface area contributed by atoms with Crippen LogP contribution in [0.1, 0.15) is 36.1 Å². The van der Waals surface area contributed by atoms with Gasteiger partial charge in [-0.3, -0.25) is 0 Å². The number of sulfonamides is 1. The molecule has 1 unspecified atom stereocenters. The van der Waals surface area contributed by atoms with E-state index >= 15 is 0 Å². The van der Waals surface area contributed by atoms with Gasteiger partial charge in [0.15, 0.2) is 0 Å². The quantitative estimate of drug-likeness (QED) is 0.834. The lowest BCUT2D eigenvalue weighted by atomic mass is 9.90. The average molecular weight is 345 g/mol. The first-order valence-electron chi connectivity index (χ1n) is 8.28. The fourth-order valence-electron chi connectivity index (χ4n) is 3.35. The summed E-state index contributed by atoms with van der Waals surface area (Å²) < 4.78 is 32.5. The summed E-state index contributed by atoms with van der Waals surface area (Å²) in [5.74, 6) is 0.952. The third-order valence-corrected chi connectivity index (χ3v) is 6.52. The van der Waals surface area contributed by atoms with Crippen molar-refractivity contribution >= 4 is 10.0 Å². The van der Waals surface area contributed by atoms with Crippen LogP contribution >= 0.6 is 0 Å². The highest BCUT2D eigenvalue weighted by Crippen LogP contribution is 2.37. The molecule has 0 fully saturated rings. The second kappa shape index (κ2) is 6.95. The van der Waals surface area contributed by atoms with E-state index in [1.165, 1.54) is 5.56 Å². The topological polar surface area (TPSA) is 46.6 Å². The lowest BCUT2D eigenvalue weighted by Crippen LogP contribution is -2.41. The zero-order chi connectivity index (χ0) is 17.2. The molecular weight excluding hydrogens is 322 g/mol. The van der Waals surface area contributed by atoms with E-state index in [0.717, 1.165) is 23.3 Å². The Bertz CT molecular complexity index is 800. The van der Waals surface area contributed by atoms with E-state index in [4.69, 9.17) is 4.74 Å². The molecule has 4 nitrogen and oxygen atoms in total. The minimum absolute atomic E-state index is 0.182. The van der Waals surface area contributed by atoms with Crippen LogP contribution in [0.25, 0.3) is 0 Å². The SMILES string of the molecule is CCCS(=O)(=O)N1CCc2ccccc2C1c1ccc(OC)cc1. The maximum absolute atomic E-state index is 12.8. The summed E-state index contributed by atoms with van der Waals surface area (Å²) in [5.41, 5.74) is 3.28. The minimum Gasteiger partial charge on any atom is -0.497 e. The van der Waals surface area contributed by atoms with Crippen LogP contribution in [0.4, 0.5) is 0 Å². The van der Waals surface area contributed by atoms with Crippen molar-refractivity contribution in [2.45, 2.75) is 25.8 Å². The molecular formula is C19H23NO3S. The summed E-state index contributed by atoms with van der Waals surface area (Å²) in [6.07, 6.45) is 1.38. The predicted molar refractivity (Wildman–Crippen MR) is 95.8 cm³/mol. The standard InChI is InChI=1S/C19H23NO3S/c1-3-14-24(21,22)20-13-12-15-6-4-5-7-18(15)19(20)16-8-10-17(23-2)11-9-16/h4-11,19H,3,12-14H2,1-2H3. The first-order chi connectivity index (χ1) is 11.6. The molecule has 0 spiro atoms. The van der Waals surface area contributed by atoms with Crippen molar-refractivity contribution in [2.24, 2.45) is 0 Å². The number of nitrogens with zero attached hydrogens (tertiary/aromatic N) is 1. The molecule has 1 aliphatic heterocycles. The third kappa shape index (κ3) is 3.19. The fourth-order valence-corrected chi connectivity index (χ4v) is 5.03. The van der Waals surface area contributed by atoms with Gasteiger partial charge in [-0.15, -0.1) is 0 Å². The van der Waals surface area contributed by atoms with Crippen molar-refractivity contribution in [3.05, 3.63) is 65.2 Å². The van der Waals surface area contributed by atoms with E-state index in [-0.39, 0.29) is 11.8 Å². The Morgan fingerprint density at radius 1 is 1.12 bits per heavy atom. The Morgan fingerprint density at radius 2 is 1.83 bits per heavy atom. The summed E-state index contributed by atoms with van der Waals surface area (Å²) in [4.78, 5) is 0. The van der Waals surface area contributed by atoms with Gasteiger partial charge >= 0.3 is 0 Å². The smallest absolute Gasteiger partial charge is 0.214 e. The monoisotopic (exact) mass is 345 g/mol. The molecule has 0 aromatic heterocycles. The van der Waals surface area contributed by atoms with Gasteiger partial charge in [0.1, 0.15) is 5.75 Å². The average Bonchev–Trinajstić information content (AvgIpc) is 2.61. The molecule has 0 bridgehead atoms. The van der Waals surface area contributed by atoms with Gasteiger partial charge in [0, 0.05) is 6.54 Å². The van der Waals surface area contributed by atoms with E-state index in [1.807, 2.05) is 49.4 Å². The minimum atomic E-state index is -3.29. The highest BCUT2D eigenvalue weighted by Gasteiger charge is 2.35. The Hall–Kier alpha value is -1.85. The maximum Gasteiger partial charge on any atom is 0.214 e. The molecule has 0 amide bonds. The molecule has 0 saturated carbocycles. The molecule has 3 rings (SSSR count). The van der Waals surface area contributed by atoms with Crippen LogP contribution in [-0.4, -0.2) is 32.1 Å². The third-order valence-electron chi connectivity index (χ3n) is 4.49. The molecule has 0 saturated heterocycles. The Balaban J connectivity index is 2.10. The van der Waals surface area contributed by atoms with E-state index in [1.54, 1.807) is 11.4 Å². The fraction of sp³-hybridized carbons (Fsp3) is 0.368. The molecule has 0 aliphatic carbocycles. The van der Waals surface area contributed by atoms with Gasteiger partial charge in [-0.05, 0) is 41.7 Å². The molecule has 5 heteroatoms. The van der Waals surface area contributed by atoms with Crippen LogP contribution in [0, 0.1) is 0 Å². The molecule has 2 aromatic carbocycles. The highest BCUT2D eigenvalue weighted by molar-refractivity contribution is 7.89. The second-order valence-corrected chi connectivity index (χ2v) is 8.09. The van der Waals surface area contributed by atoms with E-state index < -0.39 is 10.0 Å². The lowest BCUT2D eigenvalue weighted by Gasteiger charge is -2.36. The molecule has 1 atom stereocenters. The zero-order valence-electron chi connectivity index (χ0n) is 14.1. The number of benzene rings is 2. The van der Waals surface area contributed by atoms with E-state index in [9.17, 15) is 8.42 Å². The maximum atomic E-state index is 12.8. The predicted octanol–water partition coefficient (Wildman–Crippen LogP) is 3.38. The number of rotatable bonds is 5. The summed E-state index contributed by atoms with van der Waals surface area (Å²) in [5, 5.41) is 0. The Kier molecular flexibility index (Phi) is 4.92. The molecule has 1 aliphatic rings. The molecule has 24 heavy (non-hydrogen) atoms. The number of hydrogen-bond donors (Lipinski definition) is 0. The van der Waals surface area contributed by atoms with Gasteiger partial charge < -0.3 is 4.74 Å². The number of hydrogen-bond acceptors (Lipinski definition) is 3.